The van der Waals surface area contributed by atoms with Gasteiger partial charge in [0.25, 0.3) is 5.91 Å². The van der Waals surface area contributed by atoms with Gasteiger partial charge in [0.2, 0.25) is 0 Å². The minimum Gasteiger partial charge on any atom is -0.506 e. The van der Waals surface area contributed by atoms with Crippen molar-refractivity contribution in [1.82, 2.24) is 4.72 Å². The third kappa shape index (κ3) is 3.09. The van der Waals surface area contributed by atoms with Gasteiger partial charge in [-0.1, -0.05) is 0 Å². The van der Waals surface area contributed by atoms with Crippen LogP contribution in [0.25, 0.3) is 0 Å². The van der Waals surface area contributed by atoms with Crippen molar-refractivity contribution in [2.45, 2.75) is 25.0 Å². The molecule has 0 bridgehead atoms. The molecular weight excluding hydrogens is 329 g/mol. The SMILES string of the molecule is NC1COC(Cc2cc(O)c(N3CC(=O)NS3(=O)=O)c(F)c2)C1. The Morgan fingerprint density at radius 1 is 1.48 bits per heavy atom. The number of nitrogens with zero attached hydrogens (tertiary/aromatic N) is 1. The molecule has 10 heteroatoms. The zero-order chi connectivity index (χ0) is 16.8. The number of hydrogen-bond donors (Lipinski definition) is 3. The molecule has 8 nitrogen and oxygen atoms in total. The van der Waals surface area contributed by atoms with Crippen LogP contribution >= 0.6 is 0 Å². The third-order valence-corrected chi connectivity index (χ3v) is 5.13. The molecule has 126 valence electrons. The normalized spacial score (nSPS) is 26.5. The minimum atomic E-state index is -4.18. The zero-order valence-corrected chi connectivity index (χ0v) is 12.8. The summed E-state index contributed by atoms with van der Waals surface area (Å²) in [6.45, 7) is -0.149. The van der Waals surface area contributed by atoms with Crippen LogP contribution in [0, 0.1) is 5.82 Å². The van der Waals surface area contributed by atoms with E-state index in [-0.39, 0.29) is 12.1 Å². The fourth-order valence-electron chi connectivity index (χ4n) is 2.79. The summed E-state index contributed by atoms with van der Waals surface area (Å²) in [6.07, 6.45) is 0.805. The standard InChI is InChI=1S/C13H16FN3O5S/c14-10-2-7(1-9-4-8(15)6-22-9)3-11(18)13(10)17-5-12(19)16-23(17,20)21/h2-3,8-9,18H,1,4-6,15H2,(H,16,19). The quantitative estimate of drug-likeness (QED) is 0.671. The summed E-state index contributed by atoms with van der Waals surface area (Å²) in [5.41, 5.74) is 5.64. The van der Waals surface area contributed by atoms with E-state index in [2.05, 4.69) is 0 Å². The molecule has 1 aromatic rings. The molecule has 4 N–H and O–H groups in total. The Hall–Kier alpha value is -1.91. The predicted octanol–water partition coefficient (Wildman–Crippen LogP) is -0.629. The summed E-state index contributed by atoms with van der Waals surface area (Å²) in [5.74, 6) is -2.27. The number of phenolic OH excluding ortho intramolecular Hbond substituents is 1. The molecular formula is C13H16FN3O5S. The molecule has 0 radical (unpaired) electrons. The molecule has 0 aliphatic carbocycles. The second-order valence-electron chi connectivity index (χ2n) is 5.64. The number of anilines is 1. The minimum absolute atomic E-state index is 0.0652. The predicted molar refractivity (Wildman–Crippen MR) is 78.5 cm³/mol. The summed E-state index contributed by atoms with van der Waals surface area (Å²) in [7, 11) is -4.18. The maximum absolute atomic E-state index is 14.3. The van der Waals surface area contributed by atoms with Gasteiger partial charge in [-0.25, -0.2) is 13.4 Å². The van der Waals surface area contributed by atoms with Gasteiger partial charge in [-0.15, -0.1) is 0 Å². The van der Waals surface area contributed by atoms with E-state index >= 15 is 0 Å². The van der Waals surface area contributed by atoms with Gasteiger partial charge >= 0.3 is 10.2 Å². The van der Waals surface area contributed by atoms with E-state index in [1.54, 1.807) is 4.72 Å². The lowest BCUT2D eigenvalue weighted by Gasteiger charge is -2.18. The first kappa shape index (κ1) is 16.0. The molecule has 2 fully saturated rings. The van der Waals surface area contributed by atoms with E-state index in [9.17, 15) is 22.7 Å². The molecule has 2 heterocycles. The Kier molecular flexibility index (Phi) is 3.90. The number of carbonyl (C=O) groups is 1. The third-order valence-electron chi connectivity index (χ3n) is 3.75. The molecule has 23 heavy (non-hydrogen) atoms. The van der Waals surface area contributed by atoms with Gasteiger partial charge in [0.05, 0.1) is 12.7 Å². The maximum Gasteiger partial charge on any atom is 0.326 e. The number of rotatable bonds is 3. The van der Waals surface area contributed by atoms with Crippen LogP contribution in [0.4, 0.5) is 10.1 Å². The lowest BCUT2D eigenvalue weighted by atomic mass is 10.0. The van der Waals surface area contributed by atoms with E-state index < -0.39 is 39.9 Å². The van der Waals surface area contributed by atoms with Gasteiger partial charge < -0.3 is 15.6 Å². The number of nitrogens with two attached hydrogens (primary N) is 1. The summed E-state index contributed by atoms with van der Waals surface area (Å²) in [5, 5.41) is 10.0. The summed E-state index contributed by atoms with van der Waals surface area (Å²) >= 11 is 0. The number of amides is 1. The number of aromatic hydroxyl groups is 1. The highest BCUT2D eigenvalue weighted by atomic mass is 32.2. The number of phenols is 1. The van der Waals surface area contributed by atoms with Crippen molar-refractivity contribution >= 4 is 21.8 Å². The van der Waals surface area contributed by atoms with E-state index in [0.717, 1.165) is 6.07 Å². The van der Waals surface area contributed by atoms with Crippen molar-refractivity contribution < 1.29 is 27.4 Å². The van der Waals surface area contributed by atoms with Crippen molar-refractivity contribution in [2.75, 3.05) is 17.5 Å². The molecule has 2 aliphatic heterocycles. The topological polar surface area (TPSA) is 122 Å². The first-order chi connectivity index (χ1) is 10.8. The molecule has 2 atom stereocenters. The largest absolute Gasteiger partial charge is 0.506 e. The fraction of sp³-hybridized carbons (Fsp3) is 0.462. The van der Waals surface area contributed by atoms with E-state index in [0.29, 0.717) is 29.3 Å². The smallest absolute Gasteiger partial charge is 0.326 e. The Morgan fingerprint density at radius 3 is 2.74 bits per heavy atom. The summed E-state index contributed by atoms with van der Waals surface area (Å²) < 4.78 is 45.5. The van der Waals surface area contributed by atoms with Gasteiger partial charge in [0.15, 0.2) is 5.82 Å². The molecule has 0 saturated carbocycles. The lowest BCUT2D eigenvalue weighted by Crippen LogP contribution is -2.30. The average Bonchev–Trinajstić information content (AvgIpc) is 2.92. The van der Waals surface area contributed by atoms with Crippen molar-refractivity contribution in [1.29, 1.82) is 0 Å². The van der Waals surface area contributed by atoms with Crippen LogP contribution in [0.3, 0.4) is 0 Å². The van der Waals surface area contributed by atoms with Gasteiger partial charge in [-0.2, -0.15) is 8.42 Å². The number of halogens is 1. The van der Waals surface area contributed by atoms with Crippen molar-refractivity contribution in [3.63, 3.8) is 0 Å². The molecule has 3 rings (SSSR count). The molecule has 2 saturated heterocycles. The lowest BCUT2D eigenvalue weighted by molar-refractivity contribution is -0.117. The highest BCUT2D eigenvalue weighted by Gasteiger charge is 2.37. The van der Waals surface area contributed by atoms with Crippen LogP contribution in [0.15, 0.2) is 12.1 Å². The Morgan fingerprint density at radius 2 is 2.22 bits per heavy atom. The Labute approximate surface area is 132 Å². The van der Waals surface area contributed by atoms with Crippen molar-refractivity contribution in [3.8, 4) is 5.75 Å². The molecule has 2 unspecified atom stereocenters. The van der Waals surface area contributed by atoms with Crippen LogP contribution in [0.5, 0.6) is 5.75 Å². The first-order valence-corrected chi connectivity index (χ1v) is 8.42. The number of benzene rings is 1. The van der Waals surface area contributed by atoms with E-state index in [4.69, 9.17) is 10.5 Å². The van der Waals surface area contributed by atoms with Crippen LogP contribution in [-0.2, 0) is 26.2 Å². The summed E-state index contributed by atoms with van der Waals surface area (Å²) in [6, 6.07) is 2.33. The van der Waals surface area contributed by atoms with Crippen molar-refractivity contribution in [2.24, 2.45) is 5.73 Å². The monoisotopic (exact) mass is 345 g/mol. The number of nitrogens with one attached hydrogen (secondary N) is 1. The Bertz CT molecular complexity index is 731. The second-order valence-corrected chi connectivity index (χ2v) is 7.23. The number of hydrogen-bond acceptors (Lipinski definition) is 6. The molecule has 1 amide bonds. The van der Waals surface area contributed by atoms with Gasteiger partial charge in [0.1, 0.15) is 18.0 Å². The molecule has 0 aromatic heterocycles. The number of ether oxygens (including phenoxy) is 1. The van der Waals surface area contributed by atoms with Gasteiger partial charge in [-0.05, 0) is 30.5 Å². The second kappa shape index (κ2) is 5.62. The Balaban J connectivity index is 1.88. The highest BCUT2D eigenvalue weighted by molar-refractivity contribution is 7.92. The van der Waals surface area contributed by atoms with Crippen LogP contribution in [0.2, 0.25) is 0 Å². The number of carbonyl (C=O) groups excluding carboxylic acids is 1. The maximum atomic E-state index is 14.3. The van der Waals surface area contributed by atoms with Gasteiger partial charge in [-0.3, -0.25) is 4.79 Å². The zero-order valence-electron chi connectivity index (χ0n) is 12.0. The van der Waals surface area contributed by atoms with Crippen molar-refractivity contribution in [3.05, 3.63) is 23.5 Å². The molecule has 1 aromatic carbocycles. The average molecular weight is 345 g/mol. The van der Waals surface area contributed by atoms with Crippen LogP contribution in [0.1, 0.15) is 12.0 Å². The van der Waals surface area contributed by atoms with E-state index in [1.807, 2.05) is 0 Å². The molecule has 2 aliphatic rings. The van der Waals surface area contributed by atoms with Gasteiger partial charge in [0, 0.05) is 6.04 Å². The van der Waals surface area contributed by atoms with Crippen LogP contribution < -0.4 is 14.8 Å². The summed E-state index contributed by atoms with van der Waals surface area (Å²) in [4.78, 5) is 11.2. The van der Waals surface area contributed by atoms with E-state index in [1.165, 1.54) is 6.07 Å². The van der Waals surface area contributed by atoms with Crippen LogP contribution in [-0.4, -0.2) is 44.7 Å². The highest BCUT2D eigenvalue weighted by Crippen LogP contribution is 2.35. The first-order valence-electron chi connectivity index (χ1n) is 6.98. The fourth-order valence-corrected chi connectivity index (χ4v) is 3.96. The molecule has 0 spiro atoms.